The molecular formula is C15H28O4. The first kappa shape index (κ1) is 16.4. The molecule has 2 unspecified atom stereocenters. The Balaban J connectivity index is 2.15. The van der Waals surface area contributed by atoms with Crippen molar-refractivity contribution in [3.8, 4) is 0 Å². The van der Waals surface area contributed by atoms with E-state index in [1.807, 2.05) is 6.92 Å². The molecule has 19 heavy (non-hydrogen) atoms. The highest BCUT2D eigenvalue weighted by Gasteiger charge is 2.18. The summed E-state index contributed by atoms with van der Waals surface area (Å²) in [6.45, 7) is 5.35. The first-order valence-corrected chi connectivity index (χ1v) is 7.69. The third-order valence-electron chi connectivity index (χ3n) is 3.34. The first-order chi connectivity index (χ1) is 9.26. The molecule has 0 saturated carbocycles. The van der Waals surface area contributed by atoms with E-state index in [2.05, 4.69) is 6.92 Å². The summed E-state index contributed by atoms with van der Waals surface area (Å²) >= 11 is 0. The summed E-state index contributed by atoms with van der Waals surface area (Å²) in [5.74, 6) is -0.103. The fraction of sp³-hybridized carbons (Fsp3) is 0.933. The Bertz CT molecular complexity index is 236. The van der Waals surface area contributed by atoms with Crippen molar-refractivity contribution in [1.29, 1.82) is 0 Å². The van der Waals surface area contributed by atoms with E-state index in [4.69, 9.17) is 14.2 Å². The monoisotopic (exact) mass is 272 g/mol. The molecular weight excluding hydrogens is 244 g/mol. The third-order valence-corrected chi connectivity index (χ3v) is 3.34. The van der Waals surface area contributed by atoms with Crippen LogP contribution < -0.4 is 0 Å². The van der Waals surface area contributed by atoms with Crippen molar-refractivity contribution in [3.05, 3.63) is 0 Å². The number of hydrogen-bond donors (Lipinski definition) is 0. The van der Waals surface area contributed by atoms with Crippen LogP contribution in [0.15, 0.2) is 0 Å². The average molecular weight is 272 g/mol. The molecule has 1 saturated heterocycles. The average Bonchev–Trinajstić information content (AvgIpc) is 2.45. The van der Waals surface area contributed by atoms with Gasteiger partial charge in [0.25, 0.3) is 0 Å². The predicted molar refractivity (Wildman–Crippen MR) is 73.9 cm³/mol. The van der Waals surface area contributed by atoms with E-state index in [1.165, 1.54) is 0 Å². The van der Waals surface area contributed by atoms with Gasteiger partial charge in [-0.25, -0.2) is 0 Å². The topological polar surface area (TPSA) is 44.8 Å². The van der Waals surface area contributed by atoms with Crippen molar-refractivity contribution in [2.24, 2.45) is 0 Å². The number of hydrogen-bond acceptors (Lipinski definition) is 4. The van der Waals surface area contributed by atoms with E-state index >= 15 is 0 Å². The fourth-order valence-electron chi connectivity index (χ4n) is 2.06. The Morgan fingerprint density at radius 2 is 2.16 bits per heavy atom. The van der Waals surface area contributed by atoms with Gasteiger partial charge in [0, 0.05) is 13.0 Å². The maximum atomic E-state index is 11.6. The zero-order chi connectivity index (χ0) is 13.9. The van der Waals surface area contributed by atoms with Crippen LogP contribution >= 0.6 is 0 Å². The number of rotatable bonds is 9. The highest BCUT2D eigenvalue weighted by Crippen LogP contribution is 2.15. The number of carbonyl (C=O) groups excluding carboxylic acids is 1. The van der Waals surface area contributed by atoms with E-state index in [0.29, 0.717) is 13.0 Å². The lowest BCUT2D eigenvalue weighted by molar-refractivity contribution is -0.185. The third kappa shape index (κ3) is 7.53. The van der Waals surface area contributed by atoms with Crippen LogP contribution in [0.1, 0.15) is 65.2 Å². The second-order valence-electron chi connectivity index (χ2n) is 5.11. The summed E-state index contributed by atoms with van der Waals surface area (Å²) in [7, 11) is 0. The smallest absolute Gasteiger partial charge is 0.306 e. The Morgan fingerprint density at radius 1 is 1.32 bits per heavy atom. The van der Waals surface area contributed by atoms with Gasteiger partial charge in [-0.3, -0.25) is 4.79 Å². The maximum Gasteiger partial charge on any atom is 0.306 e. The molecule has 0 aliphatic carbocycles. The van der Waals surface area contributed by atoms with Crippen molar-refractivity contribution >= 4 is 5.97 Å². The molecule has 1 aliphatic heterocycles. The van der Waals surface area contributed by atoms with Crippen molar-refractivity contribution < 1.29 is 19.0 Å². The lowest BCUT2D eigenvalue weighted by Gasteiger charge is -2.25. The van der Waals surface area contributed by atoms with E-state index in [0.717, 1.165) is 51.6 Å². The molecule has 2 atom stereocenters. The zero-order valence-electron chi connectivity index (χ0n) is 12.4. The van der Waals surface area contributed by atoms with Gasteiger partial charge < -0.3 is 14.2 Å². The summed E-state index contributed by atoms with van der Waals surface area (Å²) in [6.07, 6.45) is 7.38. The predicted octanol–water partition coefficient (Wildman–Crippen LogP) is 3.43. The molecule has 1 fully saturated rings. The van der Waals surface area contributed by atoms with Crippen LogP contribution in [0.5, 0.6) is 0 Å². The molecule has 0 radical (unpaired) electrons. The van der Waals surface area contributed by atoms with Crippen LogP contribution in [0, 0.1) is 0 Å². The Kier molecular flexibility index (Phi) is 8.84. The Morgan fingerprint density at radius 3 is 2.79 bits per heavy atom. The number of esters is 1. The summed E-state index contributed by atoms with van der Waals surface area (Å²) in [4.78, 5) is 11.6. The lowest BCUT2D eigenvalue weighted by atomic mass is 10.2. The number of unbranched alkanes of at least 4 members (excludes halogenated alkanes) is 2. The van der Waals surface area contributed by atoms with E-state index in [9.17, 15) is 4.79 Å². The minimum atomic E-state index is -0.139. The highest BCUT2D eigenvalue weighted by atomic mass is 16.7. The summed E-state index contributed by atoms with van der Waals surface area (Å²) in [6, 6.07) is 0. The first-order valence-electron chi connectivity index (χ1n) is 7.69. The minimum absolute atomic E-state index is 0.103. The van der Waals surface area contributed by atoms with Gasteiger partial charge in [0.05, 0.1) is 6.61 Å². The zero-order valence-corrected chi connectivity index (χ0v) is 12.4. The van der Waals surface area contributed by atoms with Crippen LogP contribution in [-0.4, -0.2) is 31.6 Å². The maximum absolute atomic E-state index is 11.6. The van der Waals surface area contributed by atoms with Crippen LogP contribution in [0.2, 0.25) is 0 Å². The Labute approximate surface area is 116 Å². The summed E-state index contributed by atoms with van der Waals surface area (Å²) < 4.78 is 16.6. The Hall–Kier alpha value is -0.610. The van der Waals surface area contributed by atoms with Gasteiger partial charge in [-0.1, -0.05) is 26.7 Å². The van der Waals surface area contributed by atoms with Crippen molar-refractivity contribution in [2.45, 2.75) is 77.6 Å². The molecule has 1 heterocycles. The van der Waals surface area contributed by atoms with Crippen LogP contribution in [0.25, 0.3) is 0 Å². The molecule has 1 aliphatic rings. The van der Waals surface area contributed by atoms with Crippen molar-refractivity contribution in [3.63, 3.8) is 0 Å². The van der Waals surface area contributed by atoms with E-state index in [-0.39, 0.29) is 18.4 Å². The molecule has 0 spiro atoms. The fourth-order valence-corrected chi connectivity index (χ4v) is 2.06. The van der Waals surface area contributed by atoms with Gasteiger partial charge in [-0.05, 0) is 32.1 Å². The molecule has 0 aromatic carbocycles. The van der Waals surface area contributed by atoms with Crippen LogP contribution in [-0.2, 0) is 19.0 Å². The van der Waals surface area contributed by atoms with E-state index < -0.39 is 0 Å². The molecule has 1 rings (SSSR count). The van der Waals surface area contributed by atoms with Gasteiger partial charge in [0.1, 0.15) is 6.10 Å². The van der Waals surface area contributed by atoms with Gasteiger partial charge in [0.15, 0.2) is 6.29 Å². The molecule has 112 valence electrons. The molecule has 0 aromatic heterocycles. The molecule has 0 N–H and O–H groups in total. The minimum Gasteiger partial charge on any atom is -0.460 e. The summed E-state index contributed by atoms with van der Waals surface area (Å²) in [5.41, 5.74) is 0. The SMILES string of the molecule is CCCCCC(=O)OC(CC)COC1CCCCO1. The molecule has 0 amide bonds. The second kappa shape index (κ2) is 10.2. The highest BCUT2D eigenvalue weighted by molar-refractivity contribution is 5.69. The van der Waals surface area contributed by atoms with Gasteiger partial charge in [0.2, 0.25) is 0 Å². The lowest BCUT2D eigenvalue weighted by Crippen LogP contribution is -2.29. The van der Waals surface area contributed by atoms with Crippen LogP contribution in [0.3, 0.4) is 0 Å². The molecule has 4 nitrogen and oxygen atoms in total. The van der Waals surface area contributed by atoms with Gasteiger partial charge >= 0.3 is 5.97 Å². The normalized spacial score (nSPS) is 21.1. The molecule has 4 heteroatoms. The van der Waals surface area contributed by atoms with Gasteiger partial charge in [-0.2, -0.15) is 0 Å². The largest absolute Gasteiger partial charge is 0.460 e. The summed E-state index contributed by atoms with van der Waals surface area (Å²) in [5, 5.41) is 0. The number of carbonyl (C=O) groups is 1. The van der Waals surface area contributed by atoms with Crippen molar-refractivity contribution in [1.82, 2.24) is 0 Å². The van der Waals surface area contributed by atoms with E-state index in [1.54, 1.807) is 0 Å². The standard InChI is InChI=1S/C15H28O4/c1-3-5-6-9-14(16)19-13(4-2)12-18-15-10-7-8-11-17-15/h13,15H,3-12H2,1-2H3. The quantitative estimate of drug-likeness (QED) is 0.476. The number of ether oxygens (including phenoxy) is 3. The van der Waals surface area contributed by atoms with Crippen LogP contribution in [0.4, 0.5) is 0 Å². The van der Waals surface area contributed by atoms with Gasteiger partial charge in [-0.15, -0.1) is 0 Å². The second-order valence-corrected chi connectivity index (χ2v) is 5.11. The molecule has 0 bridgehead atoms. The molecule has 0 aromatic rings. The van der Waals surface area contributed by atoms with Crippen molar-refractivity contribution in [2.75, 3.05) is 13.2 Å².